The van der Waals surface area contributed by atoms with Crippen molar-refractivity contribution in [3.05, 3.63) is 29.8 Å². The summed E-state index contributed by atoms with van der Waals surface area (Å²) in [6.45, 7) is 0.556. The molecule has 1 aromatic rings. The second kappa shape index (κ2) is 7.81. The number of hydrogen-bond acceptors (Lipinski definition) is 4. The van der Waals surface area contributed by atoms with Crippen molar-refractivity contribution >= 4 is 16.9 Å². The third kappa shape index (κ3) is 4.78. The number of rotatable bonds is 5. The Bertz CT molecular complexity index is 504. The predicted molar refractivity (Wildman–Crippen MR) is 83.0 cm³/mol. The highest BCUT2D eigenvalue weighted by molar-refractivity contribution is 8.13. The van der Waals surface area contributed by atoms with Gasteiger partial charge >= 0.3 is 0 Å². The topological polar surface area (TPSA) is 71.4 Å². The molecule has 5 heteroatoms. The molecule has 0 heterocycles. The Morgan fingerprint density at radius 2 is 2.25 bits per heavy atom. The molecule has 0 atom stereocenters. The van der Waals surface area contributed by atoms with Crippen LogP contribution >= 0.6 is 11.8 Å². The predicted octanol–water partition coefficient (Wildman–Crippen LogP) is 2.93. The highest BCUT2D eigenvalue weighted by Gasteiger charge is 2.13. The maximum absolute atomic E-state index is 8.80. The summed E-state index contributed by atoms with van der Waals surface area (Å²) in [7, 11) is 0. The molecule has 0 radical (unpaired) electrons. The minimum atomic E-state index is 0.427. The van der Waals surface area contributed by atoms with Gasteiger partial charge in [0.25, 0.3) is 0 Å². The van der Waals surface area contributed by atoms with E-state index >= 15 is 0 Å². The summed E-state index contributed by atoms with van der Waals surface area (Å²) in [5.74, 6) is 1.48. The second-order valence-electron chi connectivity index (χ2n) is 4.74. The van der Waals surface area contributed by atoms with Gasteiger partial charge in [0, 0.05) is 5.75 Å². The third-order valence-electron chi connectivity index (χ3n) is 3.20. The molecule has 2 rings (SSSR count). The minimum absolute atomic E-state index is 0.427. The Labute approximate surface area is 124 Å². The summed E-state index contributed by atoms with van der Waals surface area (Å²) >= 11 is 1.53. The Balaban J connectivity index is 1.69. The van der Waals surface area contributed by atoms with Crippen LogP contribution in [0.25, 0.3) is 0 Å². The number of hydrogen-bond donors (Lipinski definition) is 1. The van der Waals surface area contributed by atoms with Gasteiger partial charge in [0.1, 0.15) is 5.75 Å². The molecule has 1 fully saturated rings. The molecule has 1 aliphatic rings. The largest absolute Gasteiger partial charge is 0.493 e. The zero-order valence-corrected chi connectivity index (χ0v) is 12.2. The lowest BCUT2D eigenvalue weighted by atomic mass is 10.2. The summed E-state index contributed by atoms with van der Waals surface area (Å²) in [4.78, 5) is 4.51. The summed E-state index contributed by atoms with van der Waals surface area (Å²) in [6, 6.07) is 9.68. The zero-order valence-electron chi connectivity index (χ0n) is 11.4. The fraction of sp³-hybridized carbons (Fsp3) is 0.467. The fourth-order valence-corrected chi connectivity index (χ4v) is 2.81. The van der Waals surface area contributed by atoms with Gasteiger partial charge in [-0.1, -0.05) is 30.7 Å². The number of benzene rings is 1. The molecule has 106 valence electrons. The van der Waals surface area contributed by atoms with Crippen molar-refractivity contribution in [2.24, 2.45) is 10.7 Å². The monoisotopic (exact) mass is 289 g/mol. The molecule has 4 nitrogen and oxygen atoms in total. The maximum atomic E-state index is 8.80. The van der Waals surface area contributed by atoms with Crippen LogP contribution < -0.4 is 10.5 Å². The van der Waals surface area contributed by atoms with E-state index in [2.05, 4.69) is 11.1 Å². The van der Waals surface area contributed by atoms with E-state index < -0.39 is 0 Å². The Morgan fingerprint density at radius 3 is 3.00 bits per heavy atom. The Kier molecular flexibility index (Phi) is 5.75. The number of thioether (sulfide) groups is 1. The number of aliphatic imine (C=N–C) groups is 1. The minimum Gasteiger partial charge on any atom is -0.493 e. The third-order valence-corrected chi connectivity index (χ3v) is 3.97. The summed E-state index contributed by atoms with van der Waals surface area (Å²) in [5, 5.41) is 9.46. The zero-order chi connectivity index (χ0) is 14.2. The molecule has 2 N–H and O–H groups in total. The van der Waals surface area contributed by atoms with Crippen LogP contribution in [0, 0.1) is 11.3 Å². The van der Waals surface area contributed by atoms with Gasteiger partial charge in [0.2, 0.25) is 0 Å². The van der Waals surface area contributed by atoms with Crippen molar-refractivity contribution in [1.29, 1.82) is 5.26 Å². The molecule has 20 heavy (non-hydrogen) atoms. The summed E-state index contributed by atoms with van der Waals surface area (Å²) in [5.41, 5.74) is 6.50. The van der Waals surface area contributed by atoms with Crippen molar-refractivity contribution in [2.75, 3.05) is 12.4 Å². The van der Waals surface area contributed by atoms with Crippen molar-refractivity contribution in [3.63, 3.8) is 0 Å². The maximum Gasteiger partial charge on any atom is 0.154 e. The van der Waals surface area contributed by atoms with E-state index in [4.69, 9.17) is 15.7 Å². The average Bonchev–Trinajstić information content (AvgIpc) is 2.97. The lowest BCUT2D eigenvalue weighted by molar-refractivity contribution is 0.344. The Morgan fingerprint density at radius 1 is 1.45 bits per heavy atom. The Hall–Kier alpha value is -1.67. The fourth-order valence-electron chi connectivity index (χ4n) is 2.21. The second-order valence-corrected chi connectivity index (χ2v) is 5.86. The number of ether oxygens (including phenoxy) is 1. The van der Waals surface area contributed by atoms with Crippen molar-refractivity contribution in [3.8, 4) is 11.8 Å². The smallest absolute Gasteiger partial charge is 0.154 e. The number of amidine groups is 1. The van der Waals surface area contributed by atoms with E-state index in [1.54, 1.807) is 12.1 Å². The van der Waals surface area contributed by atoms with E-state index in [0.717, 1.165) is 11.5 Å². The number of nitrogens with two attached hydrogens (primary N) is 1. The molecule has 0 saturated heterocycles. The standard InChI is InChI=1S/C15H19N3OS/c16-11-12-4-3-7-14(10-12)19-8-9-20-15(17)18-13-5-1-2-6-13/h3-4,7,10,13H,1-2,5-6,8-9H2,(H2,17,18). The lowest BCUT2D eigenvalue weighted by Crippen LogP contribution is -2.13. The number of nitriles is 1. The molecule has 1 aliphatic carbocycles. The molecule has 0 bridgehead atoms. The first-order valence-corrected chi connectivity index (χ1v) is 7.85. The van der Waals surface area contributed by atoms with Crippen LogP contribution in [0.1, 0.15) is 31.2 Å². The molecule has 1 aromatic carbocycles. The molecular weight excluding hydrogens is 270 g/mol. The highest BCUT2D eigenvalue weighted by Crippen LogP contribution is 2.21. The van der Waals surface area contributed by atoms with Crippen molar-refractivity contribution in [1.82, 2.24) is 0 Å². The molecule has 0 aliphatic heterocycles. The van der Waals surface area contributed by atoms with Gasteiger partial charge in [-0.2, -0.15) is 5.26 Å². The molecule has 0 unspecified atom stereocenters. The van der Waals surface area contributed by atoms with Crippen LogP contribution in [0.15, 0.2) is 29.3 Å². The summed E-state index contributed by atoms with van der Waals surface area (Å²) < 4.78 is 5.59. The van der Waals surface area contributed by atoms with Gasteiger partial charge in [-0.05, 0) is 31.0 Å². The molecule has 0 amide bonds. The molecule has 1 saturated carbocycles. The first-order chi connectivity index (χ1) is 9.78. The first-order valence-electron chi connectivity index (χ1n) is 6.87. The van der Waals surface area contributed by atoms with E-state index in [9.17, 15) is 0 Å². The highest BCUT2D eigenvalue weighted by atomic mass is 32.2. The molecule has 0 aromatic heterocycles. The van der Waals surface area contributed by atoms with Crippen molar-refractivity contribution in [2.45, 2.75) is 31.7 Å². The van der Waals surface area contributed by atoms with Crippen LogP contribution in [-0.2, 0) is 0 Å². The van der Waals surface area contributed by atoms with Crippen LogP contribution in [-0.4, -0.2) is 23.6 Å². The quantitative estimate of drug-likeness (QED) is 0.514. The van der Waals surface area contributed by atoms with E-state index in [-0.39, 0.29) is 0 Å². The van der Waals surface area contributed by atoms with Gasteiger partial charge in [0.15, 0.2) is 5.17 Å². The van der Waals surface area contributed by atoms with Crippen LogP contribution in [0.2, 0.25) is 0 Å². The van der Waals surface area contributed by atoms with E-state index in [1.165, 1.54) is 37.4 Å². The molecular formula is C15H19N3OS. The first kappa shape index (κ1) is 14.7. The van der Waals surface area contributed by atoms with Gasteiger partial charge in [0.05, 0.1) is 24.3 Å². The van der Waals surface area contributed by atoms with Gasteiger partial charge in [-0.3, -0.25) is 4.99 Å². The lowest BCUT2D eigenvalue weighted by Gasteiger charge is -2.07. The van der Waals surface area contributed by atoms with Gasteiger partial charge in [-0.15, -0.1) is 0 Å². The SMILES string of the molecule is N#Cc1cccc(OCCSC(N)=NC2CCCC2)c1. The van der Waals surface area contributed by atoms with Gasteiger partial charge in [-0.25, -0.2) is 0 Å². The molecule has 0 spiro atoms. The van der Waals surface area contributed by atoms with E-state index in [1.807, 2.05) is 12.1 Å². The average molecular weight is 289 g/mol. The van der Waals surface area contributed by atoms with Crippen LogP contribution in [0.5, 0.6) is 5.75 Å². The van der Waals surface area contributed by atoms with Gasteiger partial charge < -0.3 is 10.5 Å². The summed E-state index contributed by atoms with van der Waals surface area (Å²) in [6.07, 6.45) is 4.87. The normalized spacial score (nSPS) is 16.1. The van der Waals surface area contributed by atoms with Crippen LogP contribution in [0.4, 0.5) is 0 Å². The van der Waals surface area contributed by atoms with Crippen LogP contribution in [0.3, 0.4) is 0 Å². The number of nitrogens with zero attached hydrogens (tertiary/aromatic N) is 2. The van der Waals surface area contributed by atoms with Crippen molar-refractivity contribution < 1.29 is 4.74 Å². The van der Waals surface area contributed by atoms with E-state index in [0.29, 0.717) is 23.4 Å².